The fourth-order valence-corrected chi connectivity index (χ4v) is 3.27. The van der Waals surface area contributed by atoms with Crippen molar-refractivity contribution in [2.75, 3.05) is 13.1 Å². The summed E-state index contributed by atoms with van der Waals surface area (Å²) < 4.78 is 5.39. The molecule has 0 aromatic carbocycles. The van der Waals surface area contributed by atoms with E-state index in [1.807, 2.05) is 0 Å². The van der Waals surface area contributed by atoms with E-state index in [1.165, 1.54) is 38.5 Å². The molecule has 1 atom stereocenters. The topological polar surface area (TPSA) is 51.0 Å². The number of rotatable bonds is 4. The van der Waals surface area contributed by atoms with Crippen LogP contribution in [0, 0.1) is 11.8 Å². The number of hydrogen-bond acceptors (Lipinski definition) is 4. The van der Waals surface area contributed by atoms with Crippen molar-refractivity contribution in [2.45, 2.75) is 51.4 Å². The van der Waals surface area contributed by atoms with Crippen LogP contribution in [0.5, 0.6) is 0 Å². The van der Waals surface area contributed by atoms with E-state index in [-0.39, 0.29) is 0 Å². The van der Waals surface area contributed by atoms with Crippen LogP contribution in [0.4, 0.5) is 0 Å². The standard InChI is InChI=1S/C14H23N3O/c1-2-5-11(4-1)9-14-16-13(17-18-14)8-12-6-3-7-15-10-12/h11-12,15H,1-10H2. The molecule has 1 saturated carbocycles. The Hall–Kier alpha value is -0.900. The smallest absolute Gasteiger partial charge is 0.226 e. The van der Waals surface area contributed by atoms with Gasteiger partial charge in [0.05, 0.1) is 0 Å². The highest BCUT2D eigenvalue weighted by atomic mass is 16.5. The van der Waals surface area contributed by atoms with Gasteiger partial charge in [-0.3, -0.25) is 0 Å². The van der Waals surface area contributed by atoms with Gasteiger partial charge in [0.15, 0.2) is 5.82 Å². The Labute approximate surface area is 109 Å². The minimum Gasteiger partial charge on any atom is -0.339 e. The summed E-state index contributed by atoms with van der Waals surface area (Å²) in [4.78, 5) is 4.56. The van der Waals surface area contributed by atoms with Gasteiger partial charge in [-0.1, -0.05) is 18.0 Å². The third-order valence-corrected chi connectivity index (χ3v) is 4.32. The zero-order chi connectivity index (χ0) is 12.2. The molecule has 1 aliphatic carbocycles. The summed E-state index contributed by atoms with van der Waals surface area (Å²) in [6.07, 6.45) is 9.96. The maximum Gasteiger partial charge on any atom is 0.226 e. The molecule has 100 valence electrons. The molecule has 0 amide bonds. The van der Waals surface area contributed by atoms with Crippen molar-refractivity contribution < 1.29 is 4.52 Å². The number of nitrogens with zero attached hydrogens (tertiary/aromatic N) is 2. The maximum absolute atomic E-state index is 5.39. The SMILES string of the molecule is C1CNCC(Cc2noc(CC3CCCC3)n2)C1. The van der Waals surface area contributed by atoms with Crippen LogP contribution >= 0.6 is 0 Å². The molecule has 1 saturated heterocycles. The van der Waals surface area contributed by atoms with Gasteiger partial charge in [0.1, 0.15) is 0 Å². The van der Waals surface area contributed by atoms with Crippen LogP contribution in [0.3, 0.4) is 0 Å². The monoisotopic (exact) mass is 249 g/mol. The lowest BCUT2D eigenvalue weighted by Gasteiger charge is -2.20. The first-order valence-electron chi connectivity index (χ1n) is 7.42. The minimum atomic E-state index is 0.690. The van der Waals surface area contributed by atoms with Gasteiger partial charge in [0.2, 0.25) is 5.89 Å². The Morgan fingerprint density at radius 2 is 1.89 bits per heavy atom. The van der Waals surface area contributed by atoms with E-state index in [9.17, 15) is 0 Å². The second kappa shape index (κ2) is 5.83. The van der Waals surface area contributed by atoms with Gasteiger partial charge in [-0.25, -0.2) is 0 Å². The molecule has 2 heterocycles. The van der Waals surface area contributed by atoms with Gasteiger partial charge in [0.25, 0.3) is 0 Å². The molecule has 2 aliphatic rings. The molecule has 0 bridgehead atoms. The number of piperidine rings is 1. The van der Waals surface area contributed by atoms with Crippen LogP contribution in [0.2, 0.25) is 0 Å². The third kappa shape index (κ3) is 3.10. The van der Waals surface area contributed by atoms with E-state index in [1.54, 1.807) is 0 Å². The maximum atomic E-state index is 5.39. The van der Waals surface area contributed by atoms with Gasteiger partial charge in [-0.05, 0) is 50.6 Å². The summed E-state index contributed by atoms with van der Waals surface area (Å²) in [5.41, 5.74) is 0. The Balaban J connectivity index is 1.52. The Morgan fingerprint density at radius 1 is 1.06 bits per heavy atom. The second-order valence-electron chi connectivity index (χ2n) is 5.88. The average Bonchev–Trinajstić information content (AvgIpc) is 3.03. The molecule has 1 N–H and O–H groups in total. The zero-order valence-corrected chi connectivity index (χ0v) is 11.0. The zero-order valence-electron chi connectivity index (χ0n) is 11.0. The van der Waals surface area contributed by atoms with Crippen LogP contribution in [0.1, 0.15) is 50.2 Å². The molecule has 1 unspecified atom stereocenters. The van der Waals surface area contributed by atoms with Crippen LogP contribution in [-0.4, -0.2) is 23.2 Å². The lowest BCUT2D eigenvalue weighted by molar-refractivity contribution is 0.338. The fraction of sp³-hybridized carbons (Fsp3) is 0.857. The van der Waals surface area contributed by atoms with Crippen LogP contribution < -0.4 is 5.32 Å². The van der Waals surface area contributed by atoms with Gasteiger partial charge in [-0.15, -0.1) is 0 Å². The van der Waals surface area contributed by atoms with Crippen molar-refractivity contribution in [3.8, 4) is 0 Å². The molecule has 2 fully saturated rings. The minimum absolute atomic E-state index is 0.690. The van der Waals surface area contributed by atoms with Crippen LogP contribution in [0.25, 0.3) is 0 Å². The predicted octanol–water partition coefficient (Wildman–Crippen LogP) is 2.34. The second-order valence-corrected chi connectivity index (χ2v) is 5.88. The molecule has 4 heteroatoms. The highest BCUT2D eigenvalue weighted by Crippen LogP contribution is 2.27. The summed E-state index contributed by atoms with van der Waals surface area (Å²) in [5, 5.41) is 7.57. The van der Waals surface area contributed by atoms with Crippen molar-refractivity contribution >= 4 is 0 Å². The molecule has 0 spiro atoms. The van der Waals surface area contributed by atoms with E-state index in [0.717, 1.165) is 43.6 Å². The van der Waals surface area contributed by atoms with Gasteiger partial charge in [-0.2, -0.15) is 4.98 Å². The molecule has 4 nitrogen and oxygen atoms in total. The number of nitrogens with one attached hydrogen (secondary N) is 1. The van der Waals surface area contributed by atoms with Gasteiger partial charge in [0, 0.05) is 12.8 Å². The summed E-state index contributed by atoms with van der Waals surface area (Å²) in [7, 11) is 0. The van der Waals surface area contributed by atoms with Crippen molar-refractivity contribution in [1.29, 1.82) is 0 Å². The van der Waals surface area contributed by atoms with Crippen molar-refractivity contribution in [1.82, 2.24) is 15.5 Å². The summed E-state index contributed by atoms with van der Waals surface area (Å²) in [6.45, 7) is 2.27. The highest BCUT2D eigenvalue weighted by Gasteiger charge is 2.20. The van der Waals surface area contributed by atoms with Gasteiger partial charge < -0.3 is 9.84 Å². The Bertz CT molecular complexity index is 365. The van der Waals surface area contributed by atoms with Crippen LogP contribution in [0.15, 0.2) is 4.52 Å². The van der Waals surface area contributed by atoms with E-state index in [0.29, 0.717) is 5.92 Å². The largest absolute Gasteiger partial charge is 0.339 e. The number of hydrogen-bond donors (Lipinski definition) is 1. The molecule has 18 heavy (non-hydrogen) atoms. The van der Waals surface area contributed by atoms with E-state index in [2.05, 4.69) is 15.5 Å². The van der Waals surface area contributed by atoms with Crippen molar-refractivity contribution in [2.24, 2.45) is 11.8 Å². The predicted molar refractivity (Wildman–Crippen MR) is 69.3 cm³/mol. The molecule has 1 aromatic rings. The van der Waals surface area contributed by atoms with E-state index in [4.69, 9.17) is 4.52 Å². The van der Waals surface area contributed by atoms with E-state index < -0.39 is 0 Å². The summed E-state index contributed by atoms with van der Waals surface area (Å²) in [5.74, 6) is 3.25. The first kappa shape index (κ1) is 12.2. The molecular formula is C14H23N3O. The summed E-state index contributed by atoms with van der Waals surface area (Å²) in [6, 6.07) is 0. The normalized spacial score (nSPS) is 25.7. The van der Waals surface area contributed by atoms with Gasteiger partial charge >= 0.3 is 0 Å². The molecular weight excluding hydrogens is 226 g/mol. The Morgan fingerprint density at radius 3 is 2.67 bits per heavy atom. The fourth-order valence-electron chi connectivity index (χ4n) is 3.27. The molecule has 1 aromatic heterocycles. The van der Waals surface area contributed by atoms with Crippen molar-refractivity contribution in [3.05, 3.63) is 11.7 Å². The summed E-state index contributed by atoms with van der Waals surface area (Å²) >= 11 is 0. The molecule has 3 rings (SSSR count). The lowest BCUT2D eigenvalue weighted by atomic mass is 9.96. The lowest BCUT2D eigenvalue weighted by Crippen LogP contribution is -2.31. The third-order valence-electron chi connectivity index (χ3n) is 4.32. The molecule has 1 aliphatic heterocycles. The molecule has 0 radical (unpaired) electrons. The van der Waals surface area contributed by atoms with Crippen LogP contribution in [-0.2, 0) is 12.8 Å². The number of aromatic nitrogens is 2. The first-order chi connectivity index (χ1) is 8.90. The Kier molecular flexibility index (Phi) is 3.93. The average molecular weight is 249 g/mol. The van der Waals surface area contributed by atoms with E-state index >= 15 is 0 Å². The van der Waals surface area contributed by atoms with Crippen molar-refractivity contribution in [3.63, 3.8) is 0 Å². The highest BCUT2D eigenvalue weighted by molar-refractivity contribution is 4.91. The first-order valence-corrected chi connectivity index (χ1v) is 7.42. The quantitative estimate of drug-likeness (QED) is 0.890.